The molecule has 0 radical (unpaired) electrons. The van der Waals surface area contributed by atoms with E-state index >= 15 is 0 Å². The molecule has 1 N–H and O–H groups in total. The number of carbonyl (C=O) groups is 1. The predicted octanol–water partition coefficient (Wildman–Crippen LogP) is 4.61. The molecule has 0 spiro atoms. The van der Waals surface area contributed by atoms with Gasteiger partial charge in [-0.1, -0.05) is 49.6 Å². The van der Waals surface area contributed by atoms with Gasteiger partial charge in [0.05, 0.1) is 7.11 Å². The van der Waals surface area contributed by atoms with Gasteiger partial charge >= 0.3 is 5.97 Å². The highest BCUT2D eigenvalue weighted by molar-refractivity contribution is 7.98. The standard InChI is InChI=1S/C22H30N4O2S/c1-26(2)22-24-19(23-14-16-10-6-4-7-11-16)18(21(27)28-3)20(25-22)29-15-17-12-8-5-9-13-17/h5,8-9,12-13,16H,4,6-7,10-11,14-15H2,1-3H3,(H,23,24,25). The van der Waals surface area contributed by atoms with Crippen molar-refractivity contribution in [2.45, 2.75) is 42.9 Å². The molecule has 7 heteroatoms. The molecule has 1 saturated carbocycles. The lowest BCUT2D eigenvalue weighted by Crippen LogP contribution is -2.22. The van der Waals surface area contributed by atoms with Crippen molar-refractivity contribution in [3.63, 3.8) is 0 Å². The van der Waals surface area contributed by atoms with E-state index in [1.54, 1.807) is 0 Å². The fourth-order valence-electron chi connectivity index (χ4n) is 3.51. The van der Waals surface area contributed by atoms with Gasteiger partial charge in [-0.05, 0) is 24.3 Å². The quantitative estimate of drug-likeness (QED) is 0.384. The molecule has 3 rings (SSSR count). The van der Waals surface area contributed by atoms with Gasteiger partial charge in [0.1, 0.15) is 16.4 Å². The summed E-state index contributed by atoms with van der Waals surface area (Å²) in [5.74, 6) is 2.08. The molecule has 1 heterocycles. The molecule has 29 heavy (non-hydrogen) atoms. The molecule has 2 aromatic rings. The Hall–Kier alpha value is -2.28. The molecule has 0 atom stereocenters. The minimum absolute atomic E-state index is 0.406. The number of carbonyl (C=O) groups excluding carboxylic acids is 1. The normalized spacial score (nSPS) is 14.4. The highest BCUT2D eigenvalue weighted by atomic mass is 32.2. The van der Waals surface area contributed by atoms with E-state index < -0.39 is 5.97 Å². The molecule has 1 aromatic heterocycles. The molecule has 1 aliphatic carbocycles. The van der Waals surface area contributed by atoms with E-state index in [2.05, 4.69) is 27.4 Å². The van der Waals surface area contributed by atoms with Crippen molar-refractivity contribution in [1.82, 2.24) is 9.97 Å². The summed E-state index contributed by atoms with van der Waals surface area (Å²) in [6, 6.07) is 10.2. The number of aromatic nitrogens is 2. The Morgan fingerprint density at radius 1 is 1.17 bits per heavy atom. The van der Waals surface area contributed by atoms with Crippen LogP contribution in [0.3, 0.4) is 0 Å². The number of hydrogen-bond acceptors (Lipinski definition) is 7. The summed E-state index contributed by atoms with van der Waals surface area (Å²) in [5.41, 5.74) is 1.60. The second-order valence-corrected chi connectivity index (χ2v) is 8.56. The molecule has 1 aliphatic rings. The Morgan fingerprint density at radius 3 is 2.55 bits per heavy atom. The summed E-state index contributed by atoms with van der Waals surface area (Å²) in [7, 11) is 5.21. The maximum Gasteiger partial charge on any atom is 0.344 e. The molecule has 1 aromatic carbocycles. The van der Waals surface area contributed by atoms with Gasteiger partial charge in [-0.2, -0.15) is 4.98 Å². The van der Waals surface area contributed by atoms with Crippen LogP contribution in [-0.4, -0.2) is 43.7 Å². The number of hydrogen-bond donors (Lipinski definition) is 1. The fraction of sp³-hybridized carbons (Fsp3) is 0.500. The molecule has 0 saturated heterocycles. The van der Waals surface area contributed by atoms with Crippen molar-refractivity contribution >= 4 is 29.5 Å². The van der Waals surface area contributed by atoms with Crippen LogP contribution in [0.25, 0.3) is 0 Å². The second kappa shape index (κ2) is 10.5. The Bertz CT molecular complexity index is 808. The van der Waals surface area contributed by atoms with Crippen molar-refractivity contribution < 1.29 is 9.53 Å². The summed E-state index contributed by atoms with van der Waals surface area (Å²) >= 11 is 1.53. The topological polar surface area (TPSA) is 67.3 Å². The first-order valence-electron chi connectivity index (χ1n) is 10.2. The Kier molecular flexibility index (Phi) is 7.75. The average Bonchev–Trinajstić information content (AvgIpc) is 2.76. The van der Waals surface area contributed by atoms with E-state index in [1.807, 2.05) is 37.2 Å². The van der Waals surface area contributed by atoms with E-state index in [-0.39, 0.29) is 0 Å². The molecule has 0 unspecified atom stereocenters. The van der Waals surface area contributed by atoms with Crippen LogP contribution in [0.4, 0.5) is 11.8 Å². The van der Waals surface area contributed by atoms with Gasteiger partial charge in [0.15, 0.2) is 0 Å². The highest BCUT2D eigenvalue weighted by Gasteiger charge is 2.24. The van der Waals surface area contributed by atoms with Crippen LogP contribution in [-0.2, 0) is 10.5 Å². The molecule has 1 fully saturated rings. The summed E-state index contributed by atoms with van der Waals surface area (Å²) < 4.78 is 5.08. The third-order valence-corrected chi connectivity index (χ3v) is 6.20. The smallest absolute Gasteiger partial charge is 0.344 e. The number of esters is 1. The number of nitrogens with zero attached hydrogens (tertiary/aromatic N) is 3. The van der Waals surface area contributed by atoms with Crippen molar-refractivity contribution in [2.75, 3.05) is 38.0 Å². The average molecular weight is 415 g/mol. The number of rotatable bonds is 8. The summed E-state index contributed by atoms with van der Waals surface area (Å²) in [5, 5.41) is 4.08. The third-order valence-electron chi connectivity index (χ3n) is 5.15. The molecule has 0 aliphatic heterocycles. The number of thioether (sulfide) groups is 1. The summed E-state index contributed by atoms with van der Waals surface area (Å²) in [6.07, 6.45) is 6.33. The van der Waals surface area contributed by atoms with E-state index in [1.165, 1.54) is 56.5 Å². The molecule has 0 bridgehead atoms. The Labute approximate surface area is 177 Å². The number of methoxy groups -OCH3 is 1. The molecule has 0 amide bonds. The Morgan fingerprint density at radius 2 is 1.90 bits per heavy atom. The van der Waals surface area contributed by atoms with E-state index in [9.17, 15) is 4.79 Å². The summed E-state index contributed by atoms with van der Waals surface area (Å²) in [6.45, 7) is 0.816. The van der Waals surface area contributed by atoms with Crippen LogP contribution in [0, 0.1) is 5.92 Å². The van der Waals surface area contributed by atoms with Crippen molar-refractivity contribution in [3.8, 4) is 0 Å². The van der Waals surface area contributed by atoms with Crippen molar-refractivity contribution in [3.05, 3.63) is 41.5 Å². The summed E-state index contributed by atoms with van der Waals surface area (Å²) in [4.78, 5) is 23.8. The highest BCUT2D eigenvalue weighted by Crippen LogP contribution is 2.32. The maximum absolute atomic E-state index is 12.6. The van der Waals surface area contributed by atoms with Gasteiger partial charge in [-0.15, -0.1) is 11.8 Å². The zero-order valence-corrected chi connectivity index (χ0v) is 18.3. The molecule has 6 nitrogen and oxygen atoms in total. The molecule has 156 valence electrons. The lowest BCUT2D eigenvalue weighted by atomic mass is 9.89. The zero-order chi connectivity index (χ0) is 20.6. The number of benzene rings is 1. The van der Waals surface area contributed by atoms with E-state index in [4.69, 9.17) is 4.74 Å². The molecular formula is C22H30N4O2S. The Balaban J connectivity index is 1.88. The molecular weight excluding hydrogens is 384 g/mol. The van der Waals surface area contributed by atoms with Crippen LogP contribution >= 0.6 is 11.8 Å². The fourth-order valence-corrected chi connectivity index (χ4v) is 4.47. The monoisotopic (exact) mass is 414 g/mol. The SMILES string of the molecule is COC(=O)c1c(NCC2CCCCC2)nc(N(C)C)nc1SCc1ccccc1. The van der Waals surface area contributed by atoms with Crippen LogP contribution in [0.1, 0.15) is 48.0 Å². The van der Waals surface area contributed by atoms with Crippen LogP contribution in [0.5, 0.6) is 0 Å². The first kappa shape index (κ1) is 21.4. The van der Waals surface area contributed by atoms with E-state index in [0.29, 0.717) is 28.3 Å². The predicted molar refractivity (Wildman–Crippen MR) is 119 cm³/mol. The number of nitrogens with one attached hydrogen (secondary N) is 1. The second-order valence-electron chi connectivity index (χ2n) is 7.60. The van der Waals surface area contributed by atoms with Crippen LogP contribution in [0.2, 0.25) is 0 Å². The first-order valence-corrected chi connectivity index (χ1v) is 11.1. The van der Waals surface area contributed by atoms with Gasteiger partial charge in [0.2, 0.25) is 5.95 Å². The van der Waals surface area contributed by atoms with E-state index in [0.717, 1.165) is 12.3 Å². The zero-order valence-electron chi connectivity index (χ0n) is 17.5. The largest absolute Gasteiger partial charge is 0.465 e. The third kappa shape index (κ3) is 5.85. The number of anilines is 2. The first-order chi connectivity index (χ1) is 14.1. The lowest BCUT2D eigenvalue weighted by Gasteiger charge is -2.23. The number of ether oxygens (including phenoxy) is 1. The van der Waals surface area contributed by atoms with Gasteiger partial charge < -0.3 is 15.0 Å². The minimum atomic E-state index is -0.406. The van der Waals surface area contributed by atoms with Gasteiger partial charge in [0.25, 0.3) is 0 Å². The maximum atomic E-state index is 12.6. The van der Waals surface area contributed by atoms with Gasteiger partial charge in [-0.25, -0.2) is 9.78 Å². The lowest BCUT2D eigenvalue weighted by molar-refractivity contribution is 0.0596. The van der Waals surface area contributed by atoms with Crippen LogP contribution < -0.4 is 10.2 Å². The van der Waals surface area contributed by atoms with Crippen molar-refractivity contribution in [1.29, 1.82) is 0 Å². The minimum Gasteiger partial charge on any atom is -0.465 e. The van der Waals surface area contributed by atoms with Crippen molar-refractivity contribution in [2.24, 2.45) is 5.92 Å². The van der Waals surface area contributed by atoms with Gasteiger partial charge in [-0.3, -0.25) is 0 Å². The van der Waals surface area contributed by atoms with Gasteiger partial charge in [0, 0.05) is 26.4 Å². The van der Waals surface area contributed by atoms with Crippen LogP contribution in [0.15, 0.2) is 35.4 Å².